The minimum absolute atomic E-state index is 0.0284. The molecule has 0 spiro atoms. The molecule has 9 fully saturated rings. The average Bonchev–Trinajstić information content (AvgIpc) is 4.06. The fourth-order valence-corrected chi connectivity index (χ4v) is 16.7. The van der Waals surface area contributed by atoms with Crippen LogP contribution in [0.3, 0.4) is 0 Å². The summed E-state index contributed by atoms with van der Waals surface area (Å²) in [6.45, 7) is 41.1. The minimum Gasteiger partial charge on any atom is -0.507 e. The second-order valence-corrected chi connectivity index (χ2v) is 40.6. The van der Waals surface area contributed by atoms with Crippen LogP contribution in [0.5, 0.6) is 11.5 Å². The van der Waals surface area contributed by atoms with Gasteiger partial charge in [0.15, 0.2) is 16.6 Å². The Morgan fingerprint density at radius 2 is 1.23 bits per heavy atom. The number of ether oxygens (including phenoxy) is 1. The summed E-state index contributed by atoms with van der Waals surface area (Å²) in [5.41, 5.74) is 8.37. The maximum absolute atomic E-state index is 14.1. The second kappa shape index (κ2) is 23.9. The molecular weight excluding hydrogens is 1250 g/mol. The molecule has 2 aromatic rings. The molecule has 6 N–H and O–H groups in total. The number of hydrogen-bond acceptors (Lipinski definition) is 13. The van der Waals surface area contributed by atoms with Gasteiger partial charge >= 0.3 is 5.97 Å². The number of carbonyl (C=O) groups excluding carboxylic acids is 2. The molecule has 3 saturated heterocycles. The molecule has 18 heteroatoms. The van der Waals surface area contributed by atoms with Gasteiger partial charge in [0, 0.05) is 29.1 Å². The van der Waals surface area contributed by atoms with Crippen LogP contribution in [0.25, 0.3) is 0 Å². The van der Waals surface area contributed by atoms with Crippen molar-refractivity contribution in [3.8, 4) is 11.5 Å². The number of cyclic esters (lactones) is 1. The molecule has 3 heterocycles. The van der Waals surface area contributed by atoms with Crippen LogP contribution in [0, 0.1) is 65.3 Å². The maximum atomic E-state index is 14.1. The van der Waals surface area contributed by atoms with Crippen molar-refractivity contribution in [3.63, 3.8) is 0 Å². The maximum Gasteiger partial charge on any atom is 0.326 e. The fourth-order valence-electron chi connectivity index (χ4n) is 13.5. The molecule has 1 amide bonds. The molecule has 6 saturated carbocycles. The van der Waals surface area contributed by atoms with Crippen LogP contribution in [0.2, 0.25) is 36.3 Å². The number of rotatable bonds is 13. The summed E-state index contributed by atoms with van der Waals surface area (Å²) < 4.78 is 19.9. The summed E-state index contributed by atoms with van der Waals surface area (Å²) in [6.07, 6.45) is 3.22. The molecule has 0 radical (unpaired) electrons. The monoisotopic (exact) mass is 1340 g/mol. The van der Waals surface area contributed by atoms with Crippen molar-refractivity contribution in [1.29, 1.82) is 0 Å². The van der Waals surface area contributed by atoms with E-state index in [0.717, 1.165) is 36.9 Å². The van der Waals surface area contributed by atoms with E-state index in [4.69, 9.17) is 29.0 Å². The zero-order valence-electron chi connectivity index (χ0n) is 50.3. The lowest BCUT2D eigenvalue weighted by Crippen LogP contribution is -2.62. The van der Waals surface area contributed by atoms with Crippen molar-refractivity contribution in [3.05, 3.63) is 54.7 Å². The SMILES string of the molecule is C[C@@H]1OC(=O)[C@@H]2[C@H]1[C@H](CO[Si](C)(C)C(C)(C)C)ON2Cc1cccc(I)c1O.C[C@H](O)[C@@H]1[C@H](CO[Si](C)(C)C(C)(C)C)ON(Cc2cccc(I)c2O)[C@@H]1C(=O)N[C@H]1C[C@H]2CC([C@@H]1C)C2(C)C.C[C@H]1C2C[C@H](C[C@@H]1N)C2(C)C. The van der Waals surface area contributed by atoms with Crippen molar-refractivity contribution >= 4 is 73.7 Å². The summed E-state index contributed by atoms with van der Waals surface area (Å²) >= 11 is 4.20. The fraction of sp³-hybridized carbons (Fsp3) is 0.767. The standard InChI is InChI=1S/C30H49IN2O5Si.C20H30INO5Si.C10H19N/c1-17-21-13-20(30(21,6)7)14-23(17)32-28(36)26-25(18(2)34)24(16-37-39(8,9)29(3,4)5)38-33(26)15-19-11-10-12-22(31)27(19)35;1-12-16-15(11-25-28(5,6)20(2,3)4)27-22(17(16)19(24)26-12)10-13-8-7-9-14(21)18(13)23;1-6-8-4-7(5-9(6)11)10(8,2)3/h10-12,17-18,20-21,23-26,34-35H,13-16H2,1-9H3,(H,32,36);7-9,12,15-17,23H,10-11H2,1-6H3;6-9H,4-5,11H2,1-3H3/t17-,18-,20+,21?,23-,24-,25+,26-;12-,15-,16+,17-;6-,7+,8?,9-/m000/s1. The number of amides is 1. The van der Waals surface area contributed by atoms with Crippen LogP contribution in [0.15, 0.2) is 36.4 Å². The van der Waals surface area contributed by atoms with Crippen molar-refractivity contribution < 1.29 is 48.2 Å². The third kappa shape index (κ3) is 12.9. The average molecular weight is 1350 g/mol. The van der Waals surface area contributed by atoms with E-state index < -0.39 is 46.8 Å². The predicted octanol–water partition coefficient (Wildman–Crippen LogP) is 11.8. The summed E-state index contributed by atoms with van der Waals surface area (Å²) in [4.78, 5) is 39.2. The van der Waals surface area contributed by atoms with E-state index in [1.54, 1.807) is 17.1 Å². The molecule has 4 bridgehead atoms. The predicted molar refractivity (Wildman–Crippen MR) is 329 cm³/mol. The molecule has 14 nitrogen and oxygen atoms in total. The van der Waals surface area contributed by atoms with E-state index in [0.29, 0.717) is 59.9 Å². The lowest BCUT2D eigenvalue weighted by atomic mass is 9.45. The van der Waals surface area contributed by atoms with Gasteiger partial charge in [0.1, 0.15) is 41.9 Å². The zero-order chi connectivity index (χ0) is 58.2. The third-order valence-corrected chi connectivity index (χ3v) is 32.1. The summed E-state index contributed by atoms with van der Waals surface area (Å²) in [7, 11) is -4.01. The van der Waals surface area contributed by atoms with Crippen LogP contribution in [-0.2, 0) is 45.9 Å². The number of carbonyl (C=O) groups is 2. The van der Waals surface area contributed by atoms with Gasteiger partial charge in [-0.1, -0.05) is 107 Å². The lowest BCUT2D eigenvalue weighted by molar-refractivity contribution is -0.195. The van der Waals surface area contributed by atoms with E-state index in [2.05, 4.69) is 160 Å². The Labute approximate surface area is 497 Å². The van der Waals surface area contributed by atoms with Crippen molar-refractivity contribution in [2.24, 2.45) is 63.9 Å². The van der Waals surface area contributed by atoms with Gasteiger partial charge in [-0.15, -0.1) is 0 Å². The molecule has 440 valence electrons. The first-order valence-electron chi connectivity index (χ1n) is 28.9. The molecule has 6 aliphatic carbocycles. The number of halogens is 2. The number of benzene rings is 2. The van der Waals surface area contributed by atoms with Gasteiger partial charge in [-0.2, -0.15) is 10.1 Å². The molecule has 78 heavy (non-hydrogen) atoms. The van der Waals surface area contributed by atoms with Gasteiger partial charge in [0.25, 0.3) is 0 Å². The Kier molecular flexibility index (Phi) is 19.6. The number of hydroxylamine groups is 4. The van der Waals surface area contributed by atoms with E-state index in [1.165, 1.54) is 19.3 Å². The zero-order valence-corrected chi connectivity index (χ0v) is 56.6. The molecule has 16 atom stereocenters. The highest BCUT2D eigenvalue weighted by Gasteiger charge is 2.60. The number of hydrogen-bond donors (Lipinski definition) is 5. The number of nitrogens with zero attached hydrogens (tertiary/aromatic N) is 2. The van der Waals surface area contributed by atoms with Crippen LogP contribution < -0.4 is 11.1 Å². The molecular formula is C60H98I2N4O10Si2. The molecule has 2 unspecified atom stereocenters. The highest BCUT2D eigenvalue weighted by Crippen LogP contribution is 2.62. The molecule has 11 rings (SSSR count). The molecule has 0 aromatic heterocycles. The number of phenols is 2. The number of esters is 1. The summed E-state index contributed by atoms with van der Waals surface area (Å²) in [5.74, 6) is 3.72. The number of aromatic hydroxyl groups is 2. The van der Waals surface area contributed by atoms with Crippen molar-refractivity contribution in [1.82, 2.24) is 15.4 Å². The Morgan fingerprint density at radius 1 is 0.769 bits per heavy atom. The Balaban J connectivity index is 0.000000195. The molecule has 9 aliphatic rings. The minimum atomic E-state index is -2.08. The number of aliphatic hydroxyl groups excluding tert-OH is 1. The second-order valence-electron chi connectivity index (χ2n) is 28.7. The van der Waals surface area contributed by atoms with Gasteiger partial charge in [-0.3, -0.25) is 19.3 Å². The first-order chi connectivity index (χ1) is 35.9. The highest BCUT2D eigenvalue weighted by atomic mass is 127. The van der Waals surface area contributed by atoms with Crippen LogP contribution >= 0.6 is 45.2 Å². The Morgan fingerprint density at radius 3 is 1.68 bits per heavy atom. The summed E-state index contributed by atoms with van der Waals surface area (Å²) in [5, 5.41) is 39.0. The molecule has 2 aromatic carbocycles. The van der Waals surface area contributed by atoms with Crippen molar-refractivity contribution in [2.75, 3.05) is 13.2 Å². The number of para-hydroxylation sites is 2. The largest absolute Gasteiger partial charge is 0.507 e. The number of nitrogens with two attached hydrogens (primary N) is 1. The smallest absolute Gasteiger partial charge is 0.326 e. The van der Waals surface area contributed by atoms with Crippen LogP contribution in [0.4, 0.5) is 0 Å². The summed E-state index contributed by atoms with van der Waals surface area (Å²) in [6, 6.07) is 10.6. The van der Waals surface area contributed by atoms with Gasteiger partial charge in [-0.25, -0.2) is 0 Å². The van der Waals surface area contributed by atoms with E-state index in [1.807, 2.05) is 43.3 Å². The van der Waals surface area contributed by atoms with Gasteiger partial charge in [0.05, 0.1) is 45.5 Å². The quantitative estimate of drug-likeness (QED) is 0.0726. The lowest BCUT2D eigenvalue weighted by Gasteiger charge is -2.62. The number of phenolic OH excluding ortho intramolecular Hbond substituents is 2. The van der Waals surface area contributed by atoms with E-state index in [-0.39, 0.29) is 64.2 Å². The Hall–Kier alpha value is -1.45. The van der Waals surface area contributed by atoms with E-state index in [9.17, 15) is 24.9 Å². The number of nitrogens with one attached hydrogen (secondary N) is 1. The molecule has 3 aliphatic heterocycles. The number of fused-ring (bicyclic) bond motifs is 5. The topological polar surface area (TPSA) is 186 Å². The van der Waals surface area contributed by atoms with Crippen LogP contribution in [-0.4, -0.2) is 116 Å². The van der Waals surface area contributed by atoms with Gasteiger partial charge in [0.2, 0.25) is 5.91 Å². The van der Waals surface area contributed by atoms with E-state index >= 15 is 0 Å². The first kappa shape index (κ1) is 64.1. The Bertz CT molecular complexity index is 2450. The van der Waals surface area contributed by atoms with Gasteiger partial charge < -0.3 is 40.0 Å². The van der Waals surface area contributed by atoms with Crippen LogP contribution in [0.1, 0.15) is 134 Å². The third-order valence-electron chi connectivity index (χ3n) is 21.4. The number of aliphatic hydroxyl groups is 1. The van der Waals surface area contributed by atoms with Gasteiger partial charge in [-0.05, 0) is 179 Å². The normalized spacial score (nSPS) is 34.5. The van der Waals surface area contributed by atoms with Crippen molar-refractivity contribution in [2.45, 2.75) is 221 Å². The highest BCUT2D eigenvalue weighted by molar-refractivity contribution is 14.1. The first-order valence-corrected chi connectivity index (χ1v) is 36.9.